The maximum Gasteiger partial charge on any atom is 0.469 e. The minimum atomic E-state index is -4.32. The fraction of sp³-hybridized carbons (Fsp3) is 1.00. The molecule has 0 aliphatic carbocycles. The minimum Gasteiger partial charge on any atom is -0.395 e. The fourth-order valence-corrected chi connectivity index (χ4v) is 4.23. The average Bonchev–Trinajstić information content (AvgIpc) is 2.78. The largest absolute Gasteiger partial charge is 0.469 e. The first-order valence-corrected chi connectivity index (χ1v) is 15.4. The predicted octanol–water partition coefficient (Wildman–Crippen LogP) is 7.31. The molecule has 6 nitrogen and oxygen atoms in total. The SMILES string of the molecule is CCCCCCCCC(CCCCCC)COP(=O)(O)O.CCCCN(CCO)CCCC. The van der Waals surface area contributed by atoms with Crippen molar-refractivity contribution < 1.29 is 24.0 Å². The van der Waals surface area contributed by atoms with Gasteiger partial charge in [0.05, 0.1) is 13.2 Å². The van der Waals surface area contributed by atoms with E-state index >= 15 is 0 Å². The number of hydrogen-bond acceptors (Lipinski definition) is 4. The standard InChI is InChI=1S/C16H35O4P.C10H23NO/c1-3-5-7-9-10-12-14-16(13-11-8-6-4-2)15-20-21(17,18)19;1-3-5-7-11(9-10-12)8-6-4-2/h16H,3-15H2,1-2H3,(H2,17,18,19);12H,3-10H2,1-2H3. The molecule has 1 atom stereocenters. The van der Waals surface area contributed by atoms with Crippen molar-refractivity contribution >= 4 is 7.82 Å². The summed E-state index contributed by atoms with van der Waals surface area (Å²) in [5.74, 6) is 0.292. The summed E-state index contributed by atoms with van der Waals surface area (Å²) in [6.07, 6.45) is 19.4. The monoisotopic (exact) mass is 495 g/mol. The molecule has 202 valence electrons. The van der Waals surface area contributed by atoms with Gasteiger partial charge in [0.25, 0.3) is 0 Å². The van der Waals surface area contributed by atoms with Crippen molar-refractivity contribution in [1.29, 1.82) is 0 Å². The maximum absolute atomic E-state index is 10.8. The van der Waals surface area contributed by atoms with Crippen molar-refractivity contribution in [3.8, 4) is 0 Å². The Morgan fingerprint density at radius 3 is 1.52 bits per heavy atom. The van der Waals surface area contributed by atoms with E-state index in [-0.39, 0.29) is 6.61 Å². The molecule has 0 spiro atoms. The molecule has 0 aromatic rings. The third-order valence-corrected chi connectivity index (χ3v) is 6.47. The van der Waals surface area contributed by atoms with E-state index < -0.39 is 7.82 Å². The van der Waals surface area contributed by atoms with Gasteiger partial charge in [-0.2, -0.15) is 0 Å². The Morgan fingerprint density at radius 2 is 1.09 bits per heavy atom. The van der Waals surface area contributed by atoms with Gasteiger partial charge in [-0.25, -0.2) is 4.57 Å². The van der Waals surface area contributed by atoms with E-state index in [1.807, 2.05) is 0 Å². The summed E-state index contributed by atoms with van der Waals surface area (Å²) < 4.78 is 15.5. The zero-order valence-electron chi connectivity index (χ0n) is 22.5. The van der Waals surface area contributed by atoms with Crippen molar-refractivity contribution in [2.24, 2.45) is 5.92 Å². The number of aliphatic hydroxyl groups excluding tert-OH is 1. The van der Waals surface area contributed by atoms with Crippen LogP contribution in [0.3, 0.4) is 0 Å². The summed E-state index contributed by atoms with van der Waals surface area (Å²) in [7, 11) is -4.32. The number of phosphoric ester groups is 1. The van der Waals surface area contributed by atoms with E-state index in [9.17, 15) is 4.57 Å². The highest BCUT2D eigenvalue weighted by molar-refractivity contribution is 7.46. The summed E-state index contributed by atoms with van der Waals surface area (Å²) >= 11 is 0. The fourth-order valence-electron chi connectivity index (χ4n) is 3.83. The molecule has 0 bridgehead atoms. The Labute approximate surface area is 206 Å². The van der Waals surface area contributed by atoms with Crippen LogP contribution >= 0.6 is 7.82 Å². The molecule has 0 heterocycles. The van der Waals surface area contributed by atoms with E-state index in [0.29, 0.717) is 12.5 Å². The highest BCUT2D eigenvalue weighted by atomic mass is 31.2. The Balaban J connectivity index is 0. The zero-order chi connectivity index (χ0) is 25.2. The Bertz CT molecular complexity index is 411. The second-order valence-electron chi connectivity index (χ2n) is 9.33. The van der Waals surface area contributed by atoms with Gasteiger partial charge >= 0.3 is 7.82 Å². The van der Waals surface area contributed by atoms with Crippen molar-refractivity contribution in [2.75, 3.05) is 32.8 Å². The molecule has 33 heavy (non-hydrogen) atoms. The molecule has 0 aliphatic heterocycles. The Morgan fingerprint density at radius 1 is 0.667 bits per heavy atom. The van der Waals surface area contributed by atoms with Crippen LogP contribution in [0.15, 0.2) is 0 Å². The molecular weight excluding hydrogens is 437 g/mol. The maximum atomic E-state index is 10.8. The molecule has 0 aliphatic rings. The van der Waals surface area contributed by atoms with Crippen LogP contribution in [0.5, 0.6) is 0 Å². The van der Waals surface area contributed by atoms with E-state index in [2.05, 4.69) is 32.6 Å². The Hall–Kier alpha value is 0.0300. The van der Waals surface area contributed by atoms with E-state index in [1.165, 1.54) is 77.0 Å². The summed E-state index contributed by atoms with van der Waals surface area (Å²) in [6.45, 7) is 12.5. The molecule has 0 saturated heterocycles. The van der Waals surface area contributed by atoms with Crippen LogP contribution in [-0.4, -0.2) is 52.6 Å². The smallest absolute Gasteiger partial charge is 0.395 e. The third kappa shape index (κ3) is 30.0. The molecular formula is C26H58NO5P. The van der Waals surface area contributed by atoms with Gasteiger partial charge in [-0.1, -0.05) is 105 Å². The molecule has 0 aromatic heterocycles. The predicted molar refractivity (Wildman–Crippen MR) is 142 cm³/mol. The number of phosphoric acid groups is 1. The van der Waals surface area contributed by atoms with Gasteiger partial charge in [0.1, 0.15) is 0 Å². The Kier molecular flexibility index (Phi) is 28.4. The van der Waals surface area contributed by atoms with Crippen molar-refractivity contribution in [3.63, 3.8) is 0 Å². The molecule has 0 aromatic carbocycles. The lowest BCUT2D eigenvalue weighted by atomic mass is 9.95. The summed E-state index contributed by atoms with van der Waals surface area (Å²) in [5.41, 5.74) is 0. The lowest BCUT2D eigenvalue weighted by molar-refractivity contribution is 0.157. The number of rotatable bonds is 23. The van der Waals surface area contributed by atoms with Gasteiger partial charge in [-0.05, 0) is 44.7 Å². The van der Waals surface area contributed by atoms with Crippen molar-refractivity contribution in [3.05, 3.63) is 0 Å². The van der Waals surface area contributed by atoms with Crippen LogP contribution in [0.4, 0.5) is 0 Å². The average molecular weight is 496 g/mol. The van der Waals surface area contributed by atoms with E-state index in [0.717, 1.165) is 45.3 Å². The normalized spacial score (nSPS) is 12.6. The van der Waals surface area contributed by atoms with Crippen LogP contribution in [-0.2, 0) is 9.09 Å². The van der Waals surface area contributed by atoms with Gasteiger partial charge in [-0.3, -0.25) is 4.52 Å². The van der Waals surface area contributed by atoms with Crippen LogP contribution in [0.25, 0.3) is 0 Å². The second kappa shape index (κ2) is 26.6. The molecule has 0 radical (unpaired) electrons. The lowest BCUT2D eigenvalue weighted by Crippen LogP contribution is -2.28. The zero-order valence-corrected chi connectivity index (χ0v) is 23.4. The number of unbranched alkanes of at least 4 members (excludes halogenated alkanes) is 10. The number of nitrogens with zero attached hydrogens (tertiary/aromatic N) is 1. The lowest BCUT2D eigenvalue weighted by Gasteiger charge is -2.20. The van der Waals surface area contributed by atoms with Gasteiger partial charge in [0.15, 0.2) is 0 Å². The number of hydrogen-bond donors (Lipinski definition) is 3. The van der Waals surface area contributed by atoms with Crippen LogP contribution in [0, 0.1) is 5.92 Å². The van der Waals surface area contributed by atoms with Crippen molar-refractivity contribution in [2.45, 2.75) is 130 Å². The first-order chi connectivity index (χ1) is 15.8. The molecule has 0 amide bonds. The topological polar surface area (TPSA) is 90.2 Å². The highest BCUT2D eigenvalue weighted by Gasteiger charge is 2.18. The molecule has 0 fully saturated rings. The summed E-state index contributed by atoms with van der Waals surface area (Å²) in [4.78, 5) is 20.0. The van der Waals surface area contributed by atoms with Crippen molar-refractivity contribution in [1.82, 2.24) is 4.90 Å². The molecule has 0 rings (SSSR count). The summed E-state index contributed by atoms with van der Waals surface area (Å²) in [5, 5.41) is 8.79. The molecule has 7 heteroatoms. The third-order valence-electron chi connectivity index (χ3n) is 5.98. The number of aliphatic hydroxyl groups is 1. The van der Waals surface area contributed by atoms with Gasteiger partial charge in [0, 0.05) is 6.54 Å². The first-order valence-electron chi connectivity index (χ1n) is 13.9. The van der Waals surface area contributed by atoms with Crippen LogP contribution in [0.1, 0.15) is 130 Å². The molecule has 3 N–H and O–H groups in total. The second-order valence-corrected chi connectivity index (χ2v) is 10.6. The highest BCUT2D eigenvalue weighted by Crippen LogP contribution is 2.37. The molecule has 0 saturated carbocycles. The van der Waals surface area contributed by atoms with Gasteiger partial charge in [0.2, 0.25) is 0 Å². The van der Waals surface area contributed by atoms with E-state index in [4.69, 9.17) is 19.4 Å². The van der Waals surface area contributed by atoms with Gasteiger partial charge in [-0.15, -0.1) is 0 Å². The van der Waals surface area contributed by atoms with Crippen LogP contribution < -0.4 is 0 Å². The van der Waals surface area contributed by atoms with E-state index in [1.54, 1.807) is 0 Å². The molecule has 1 unspecified atom stereocenters. The first kappa shape index (κ1) is 35.2. The summed E-state index contributed by atoms with van der Waals surface area (Å²) in [6, 6.07) is 0. The van der Waals surface area contributed by atoms with Crippen LogP contribution in [0.2, 0.25) is 0 Å². The minimum absolute atomic E-state index is 0.200. The van der Waals surface area contributed by atoms with Gasteiger partial charge < -0.3 is 19.8 Å². The quantitative estimate of drug-likeness (QED) is 0.102.